The van der Waals surface area contributed by atoms with Crippen molar-refractivity contribution in [3.05, 3.63) is 0 Å². The Bertz CT molecular complexity index is 501. The normalized spacial score (nSPS) is 36.3. The molecule has 0 aromatic heterocycles. The predicted molar refractivity (Wildman–Crippen MR) is 84.8 cm³/mol. The number of nitrogens with zero attached hydrogens (tertiary/aromatic N) is 2. The largest absolute Gasteiger partial charge is 0.453 e. The fourth-order valence-electron chi connectivity index (χ4n) is 5.39. The van der Waals surface area contributed by atoms with Crippen molar-refractivity contribution in [2.45, 2.75) is 38.1 Å². The molecule has 4 rings (SSSR count). The highest BCUT2D eigenvalue weighted by Crippen LogP contribution is 2.43. The van der Waals surface area contributed by atoms with E-state index in [4.69, 9.17) is 4.74 Å². The Morgan fingerprint density at radius 2 is 2.04 bits per heavy atom. The van der Waals surface area contributed by atoms with Crippen LogP contribution in [0.15, 0.2) is 0 Å². The molecule has 2 amide bonds. The Labute approximate surface area is 137 Å². The molecule has 0 aromatic carbocycles. The molecule has 1 saturated carbocycles. The van der Waals surface area contributed by atoms with Crippen molar-refractivity contribution < 1.29 is 14.3 Å². The number of methoxy groups -OCH3 is 1. The molecule has 3 unspecified atom stereocenters. The number of amides is 2. The zero-order valence-corrected chi connectivity index (χ0v) is 13.9. The van der Waals surface area contributed by atoms with E-state index >= 15 is 0 Å². The number of piperidine rings is 2. The Morgan fingerprint density at radius 3 is 2.70 bits per heavy atom. The third-order valence-electron chi connectivity index (χ3n) is 6.65. The lowest BCUT2D eigenvalue weighted by molar-refractivity contribution is -0.119. The first-order valence-electron chi connectivity index (χ1n) is 8.92. The SMILES string of the molecule is COC(=O)N1CC2CC(C1)C(N1CCC3(CC1)CNC(=O)C3)C2. The van der Waals surface area contributed by atoms with E-state index < -0.39 is 0 Å². The molecule has 2 bridgehead atoms. The van der Waals surface area contributed by atoms with Crippen molar-refractivity contribution in [2.75, 3.05) is 39.8 Å². The first-order valence-corrected chi connectivity index (χ1v) is 8.92. The minimum Gasteiger partial charge on any atom is -0.453 e. The average Bonchev–Trinajstić information content (AvgIpc) is 3.07. The van der Waals surface area contributed by atoms with Crippen LogP contribution >= 0.6 is 0 Å². The van der Waals surface area contributed by atoms with Crippen LogP contribution in [0.1, 0.15) is 32.1 Å². The van der Waals surface area contributed by atoms with Gasteiger partial charge in [-0.1, -0.05) is 0 Å². The van der Waals surface area contributed by atoms with E-state index in [9.17, 15) is 9.59 Å². The van der Waals surface area contributed by atoms with Crippen LogP contribution in [0.5, 0.6) is 0 Å². The highest BCUT2D eigenvalue weighted by atomic mass is 16.5. The Hall–Kier alpha value is -1.30. The molecule has 23 heavy (non-hydrogen) atoms. The number of rotatable bonds is 1. The van der Waals surface area contributed by atoms with Crippen LogP contribution < -0.4 is 5.32 Å². The first-order chi connectivity index (χ1) is 11.1. The van der Waals surface area contributed by atoms with E-state index in [1.807, 2.05) is 4.90 Å². The van der Waals surface area contributed by atoms with Gasteiger partial charge in [0.25, 0.3) is 0 Å². The summed E-state index contributed by atoms with van der Waals surface area (Å²) in [6.45, 7) is 4.76. The molecule has 0 aromatic rings. The van der Waals surface area contributed by atoms with Gasteiger partial charge in [0.2, 0.25) is 5.91 Å². The van der Waals surface area contributed by atoms with Crippen molar-refractivity contribution in [2.24, 2.45) is 17.3 Å². The summed E-state index contributed by atoms with van der Waals surface area (Å²) in [5.74, 6) is 1.44. The third-order valence-corrected chi connectivity index (χ3v) is 6.65. The summed E-state index contributed by atoms with van der Waals surface area (Å²) in [6, 6.07) is 0.608. The summed E-state index contributed by atoms with van der Waals surface area (Å²) in [5.41, 5.74) is 0.222. The minimum absolute atomic E-state index is 0.173. The van der Waals surface area contributed by atoms with E-state index in [-0.39, 0.29) is 17.4 Å². The smallest absolute Gasteiger partial charge is 0.409 e. The fraction of sp³-hybridized carbons (Fsp3) is 0.882. The van der Waals surface area contributed by atoms with Gasteiger partial charge in [0.1, 0.15) is 0 Å². The molecule has 6 heteroatoms. The average molecular weight is 321 g/mol. The Balaban J connectivity index is 1.37. The summed E-state index contributed by atoms with van der Waals surface area (Å²) >= 11 is 0. The first kappa shape index (κ1) is 15.2. The lowest BCUT2D eigenvalue weighted by Gasteiger charge is -2.42. The third kappa shape index (κ3) is 2.71. The molecular formula is C17H27N3O3. The number of hydrogen-bond acceptors (Lipinski definition) is 4. The number of hydrogen-bond donors (Lipinski definition) is 1. The van der Waals surface area contributed by atoms with E-state index in [1.165, 1.54) is 20.0 Å². The molecular weight excluding hydrogens is 294 g/mol. The van der Waals surface area contributed by atoms with Gasteiger partial charge in [-0.2, -0.15) is 0 Å². The fourth-order valence-corrected chi connectivity index (χ4v) is 5.39. The molecule has 1 N–H and O–H groups in total. The van der Waals surface area contributed by atoms with E-state index in [0.29, 0.717) is 24.3 Å². The number of nitrogens with one attached hydrogen (secondary N) is 1. The summed E-state index contributed by atoms with van der Waals surface area (Å²) < 4.78 is 4.90. The molecule has 1 spiro atoms. The number of carbonyl (C=O) groups is 2. The summed E-state index contributed by atoms with van der Waals surface area (Å²) in [6.07, 6.45) is 5.25. The summed E-state index contributed by atoms with van der Waals surface area (Å²) in [4.78, 5) is 27.9. The van der Waals surface area contributed by atoms with Crippen LogP contribution in [-0.4, -0.2) is 67.7 Å². The van der Waals surface area contributed by atoms with Crippen LogP contribution in [0, 0.1) is 17.3 Å². The number of ether oxygens (including phenoxy) is 1. The lowest BCUT2D eigenvalue weighted by atomic mass is 9.77. The zero-order valence-electron chi connectivity index (χ0n) is 13.9. The van der Waals surface area contributed by atoms with Crippen molar-refractivity contribution in [1.82, 2.24) is 15.1 Å². The maximum atomic E-state index is 11.8. The quantitative estimate of drug-likeness (QED) is 0.785. The van der Waals surface area contributed by atoms with E-state index in [1.54, 1.807) is 0 Å². The van der Waals surface area contributed by atoms with Gasteiger partial charge < -0.3 is 15.0 Å². The van der Waals surface area contributed by atoms with Crippen LogP contribution in [0.4, 0.5) is 4.79 Å². The van der Waals surface area contributed by atoms with Gasteiger partial charge in [0, 0.05) is 32.1 Å². The van der Waals surface area contributed by atoms with E-state index in [0.717, 1.165) is 45.6 Å². The second-order valence-corrected chi connectivity index (χ2v) is 8.03. The lowest BCUT2D eigenvalue weighted by Crippen LogP contribution is -2.49. The highest BCUT2D eigenvalue weighted by molar-refractivity contribution is 5.79. The maximum absolute atomic E-state index is 11.8. The van der Waals surface area contributed by atoms with Gasteiger partial charge in [0.15, 0.2) is 0 Å². The van der Waals surface area contributed by atoms with Crippen molar-refractivity contribution in [3.63, 3.8) is 0 Å². The molecule has 3 saturated heterocycles. The number of likely N-dealkylation sites (tertiary alicyclic amines) is 2. The molecule has 0 radical (unpaired) electrons. The van der Waals surface area contributed by atoms with Gasteiger partial charge in [0.05, 0.1) is 7.11 Å². The van der Waals surface area contributed by atoms with Crippen LogP contribution in [-0.2, 0) is 9.53 Å². The molecule has 3 aliphatic heterocycles. The van der Waals surface area contributed by atoms with Crippen LogP contribution in [0.25, 0.3) is 0 Å². The Morgan fingerprint density at radius 1 is 1.26 bits per heavy atom. The van der Waals surface area contributed by atoms with Crippen molar-refractivity contribution in [1.29, 1.82) is 0 Å². The molecule has 128 valence electrons. The highest BCUT2D eigenvalue weighted by Gasteiger charge is 2.47. The number of fused-ring (bicyclic) bond motifs is 2. The molecule has 3 heterocycles. The van der Waals surface area contributed by atoms with Gasteiger partial charge in [-0.3, -0.25) is 9.69 Å². The standard InChI is InChI=1S/C17H27N3O3/c1-23-16(22)20-9-12-6-13(10-20)14(7-12)19-4-2-17(3-5-19)8-15(21)18-11-17/h12-14H,2-11H2,1H3,(H,18,21). The summed E-state index contributed by atoms with van der Waals surface area (Å²) in [7, 11) is 1.47. The molecule has 4 aliphatic rings. The molecule has 6 nitrogen and oxygen atoms in total. The predicted octanol–water partition coefficient (Wildman–Crippen LogP) is 1.07. The van der Waals surface area contributed by atoms with Gasteiger partial charge in [-0.25, -0.2) is 4.79 Å². The zero-order chi connectivity index (χ0) is 16.0. The van der Waals surface area contributed by atoms with Gasteiger partial charge in [-0.15, -0.1) is 0 Å². The second-order valence-electron chi connectivity index (χ2n) is 8.03. The van der Waals surface area contributed by atoms with Crippen molar-refractivity contribution in [3.8, 4) is 0 Å². The second kappa shape index (κ2) is 5.65. The van der Waals surface area contributed by atoms with Gasteiger partial charge in [-0.05, 0) is 56.0 Å². The van der Waals surface area contributed by atoms with Gasteiger partial charge >= 0.3 is 6.09 Å². The minimum atomic E-state index is -0.173. The van der Waals surface area contributed by atoms with E-state index in [2.05, 4.69) is 10.2 Å². The maximum Gasteiger partial charge on any atom is 0.409 e. The van der Waals surface area contributed by atoms with Crippen LogP contribution in [0.3, 0.4) is 0 Å². The Kier molecular flexibility index (Phi) is 3.75. The molecule has 1 aliphatic carbocycles. The molecule has 3 atom stereocenters. The van der Waals surface area contributed by atoms with Crippen LogP contribution in [0.2, 0.25) is 0 Å². The van der Waals surface area contributed by atoms with Crippen molar-refractivity contribution >= 4 is 12.0 Å². The summed E-state index contributed by atoms with van der Waals surface area (Å²) in [5, 5.41) is 3.01. The number of carbonyl (C=O) groups excluding carboxylic acids is 2. The topological polar surface area (TPSA) is 61.9 Å². The monoisotopic (exact) mass is 321 g/mol. The molecule has 4 fully saturated rings.